The van der Waals surface area contributed by atoms with Crippen LogP contribution in [0.5, 0.6) is 0 Å². The third-order valence-electron chi connectivity index (χ3n) is 13.1. The van der Waals surface area contributed by atoms with E-state index in [-0.39, 0.29) is 68.9 Å². The van der Waals surface area contributed by atoms with Crippen LogP contribution in [0.1, 0.15) is 144 Å². The zero-order chi connectivity index (χ0) is 71.0. The van der Waals surface area contributed by atoms with Gasteiger partial charge in [-0.25, -0.2) is 47.5 Å². The fourth-order valence-corrected chi connectivity index (χ4v) is 8.04. The summed E-state index contributed by atoms with van der Waals surface area (Å²) in [4.78, 5) is 171. The van der Waals surface area contributed by atoms with Crippen LogP contribution < -0.4 is 47.9 Å². The number of carbonyl (C=O) groups is 15. The number of carboxylic acid groups (broad SMARTS) is 9. The van der Waals surface area contributed by atoms with E-state index in [0.29, 0.717) is 61.9 Å². The Hall–Kier alpha value is -11.0. The van der Waals surface area contributed by atoms with Crippen LogP contribution in [-0.4, -0.2) is 191 Å². The predicted octanol–water partition coefficient (Wildman–Crippen LogP) is 3.04. The molecule has 0 aliphatic rings. The molecule has 18 N–H and O–H groups in total. The lowest BCUT2D eigenvalue weighted by Crippen LogP contribution is -2.51. The topological polar surface area (TPSA) is 546 Å². The first-order valence-corrected chi connectivity index (χ1v) is 29.2. The molecule has 9 amide bonds. The summed E-state index contributed by atoms with van der Waals surface area (Å²) >= 11 is 0. The van der Waals surface area contributed by atoms with Gasteiger partial charge in [0, 0.05) is 50.0 Å². The first kappa shape index (κ1) is 81.1. The Labute approximate surface area is 537 Å². The number of hydrogen-bond donors (Lipinski definition) is 18. The van der Waals surface area contributed by atoms with Crippen molar-refractivity contribution in [2.45, 2.75) is 153 Å². The molecule has 0 bridgehead atoms. The smallest absolute Gasteiger partial charge is 0.326 e. The molecule has 0 aromatic heterocycles. The number of rotatable bonds is 39. The van der Waals surface area contributed by atoms with Crippen LogP contribution in [0.3, 0.4) is 0 Å². The van der Waals surface area contributed by atoms with Gasteiger partial charge in [0.15, 0.2) is 0 Å². The Kier molecular flexibility index (Phi) is 37.7. The summed E-state index contributed by atoms with van der Waals surface area (Å²) in [6.07, 6.45) is 0.0134. The minimum Gasteiger partial charge on any atom is -0.481 e. The average molecular weight is 1330 g/mol. The minimum atomic E-state index is -1.49. The Morgan fingerprint density at radius 2 is 0.638 bits per heavy atom. The van der Waals surface area contributed by atoms with E-state index in [1.807, 2.05) is 37.4 Å². The molecule has 33 nitrogen and oxygen atoms in total. The van der Waals surface area contributed by atoms with Gasteiger partial charge in [0.2, 0.25) is 0 Å². The van der Waals surface area contributed by atoms with E-state index < -0.39 is 139 Å². The minimum absolute atomic E-state index is 0.00954. The quantitative estimate of drug-likeness (QED) is 0.0365. The second kappa shape index (κ2) is 43.7. The molecule has 0 heterocycles. The van der Waals surface area contributed by atoms with Gasteiger partial charge in [0.05, 0.1) is 5.56 Å². The highest BCUT2D eigenvalue weighted by Gasteiger charge is 2.28. The molecule has 516 valence electrons. The first-order valence-electron chi connectivity index (χ1n) is 29.2. The van der Waals surface area contributed by atoms with Crippen molar-refractivity contribution in [2.75, 3.05) is 19.6 Å². The fraction of sp³-hybridized carbons (Fsp3) is 0.450. The number of halogens is 1. The summed E-state index contributed by atoms with van der Waals surface area (Å²) in [5, 5.41) is 101. The van der Waals surface area contributed by atoms with Crippen molar-refractivity contribution < 1.29 is 122 Å². The summed E-state index contributed by atoms with van der Waals surface area (Å²) in [5.74, 6) is -13.6. The molecule has 0 unspecified atom stereocenters. The third kappa shape index (κ3) is 35.4. The van der Waals surface area contributed by atoms with Crippen molar-refractivity contribution in [3.8, 4) is 0 Å². The van der Waals surface area contributed by atoms with Gasteiger partial charge in [0.25, 0.3) is 17.7 Å². The van der Waals surface area contributed by atoms with Crippen LogP contribution in [0.4, 0.5) is 18.8 Å². The van der Waals surface area contributed by atoms with Gasteiger partial charge in [-0.05, 0) is 140 Å². The van der Waals surface area contributed by atoms with E-state index in [1.165, 1.54) is 12.1 Å². The predicted molar refractivity (Wildman–Crippen MR) is 326 cm³/mol. The zero-order valence-electron chi connectivity index (χ0n) is 51.6. The normalized spacial score (nSPS) is 12.3. The molecule has 0 aliphatic heterocycles. The number of amides is 9. The van der Waals surface area contributed by atoms with Crippen LogP contribution in [0.25, 0.3) is 0 Å². The average Bonchev–Trinajstić information content (AvgIpc) is 1.08. The van der Waals surface area contributed by atoms with Gasteiger partial charge >= 0.3 is 71.8 Å². The second-order valence-corrected chi connectivity index (χ2v) is 21.0. The number of aliphatic carboxylic acids is 9. The number of hydrogen-bond acceptors (Lipinski definition) is 15. The molecular formula is C60H80FN9O24. The standard InChI is InChI=1S/C20H26FN3O8.2C20H27N3O8/c1-11-5-6-12(13(21)10-11)17(27)22-9-3-2-4-14(18(28)29)23-20(32)24-15(19(30)31)7-8-16(25)26;1-12-5-4-6-13(11-12)17(26)21-10-3-2-7-14(18(27)28)22-20(31)23-15(19(29)30)8-9-16(24)25;1-12-5-7-13(8-6-12)17(26)21-11-3-2-4-14(18(27)28)22-20(31)23-15(19(29)30)9-10-16(24)25/h5-6,10,14-15H,2-4,7-9H2,1H3,(H,22,27)(H,25,26)(H,28,29)(H,30,31)(H2,23,24,32);4-6,11,14-15H,2-3,7-10H2,1H3,(H,21,26)(H,24,25)(H,27,28)(H,29,30)(H2,22,23,31);5-8,14-15H,2-4,9-11H2,1H3,(H,21,26)(H,24,25)(H,27,28)(H,29,30)(H2,22,23,31)/t3*14-,15-/m000/s1. The molecule has 34 heteroatoms. The molecule has 0 saturated carbocycles. The number of unbranched alkanes of at least 4 members (excludes halogenated alkanes) is 3. The van der Waals surface area contributed by atoms with Crippen LogP contribution in [0.2, 0.25) is 0 Å². The lowest BCUT2D eigenvalue weighted by Gasteiger charge is -2.18. The Bertz CT molecular complexity index is 3110. The molecule has 6 atom stereocenters. The van der Waals surface area contributed by atoms with E-state index in [1.54, 1.807) is 43.3 Å². The largest absolute Gasteiger partial charge is 0.481 e. The maximum Gasteiger partial charge on any atom is 0.326 e. The van der Waals surface area contributed by atoms with Crippen molar-refractivity contribution in [2.24, 2.45) is 0 Å². The number of carbonyl (C=O) groups excluding carboxylic acids is 6. The van der Waals surface area contributed by atoms with E-state index in [0.717, 1.165) is 11.1 Å². The highest BCUT2D eigenvalue weighted by atomic mass is 19.1. The molecule has 0 aliphatic carbocycles. The van der Waals surface area contributed by atoms with Crippen LogP contribution in [0, 0.1) is 26.6 Å². The third-order valence-corrected chi connectivity index (χ3v) is 13.1. The van der Waals surface area contributed by atoms with Gasteiger partial charge in [-0.1, -0.05) is 41.5 Å². The maximum absolute atomic E-state index is 13.8. The number of nitrogens with one attached hydrogen (secondary N) is 9. The van der Waals surface area contributed by atoms with Crippen molar-refractivity contribution in [3.63, 3.8) is 0 Å². The Morgan fingerprint density at radius 3 is 0.947 bits per heavy atom. The number of carboxylic acids is 9. The summed E-state index contributed by atoms with van der Waals surface area (Å²) in [6, 6.07) is 6.99. The number of aryl methyl sites for hydroxylation is 3. The molecule has 0 fully saturated rings. The fourth-order valence-electron chi connectivity index (χ4n) is 8.04. The second-order valence-electron chi connectivity index (χ2n) is 21.0. The van der Waals surface area contributed by atoms with Crippen molar-refractivity contribution >= 4 is 89.5 Å². The van der Waals surface area contributed by atoms with Gasteiger partial charge in [0.1, 0.15) is 42.1 Å². The number of benzene rings is 3. The summed E-state index contributed by atoms with van der Waals surface area (Å²) in [6.45, 7) is 6.27. The summed E-state index contributed by atoms with van der Waals surface area (Å²) < 4.78 is 13.8. The van der Waals surface area contributed by atoms with Crippen LogP contribution in [0.15, 0.2) is 66.7 Å². The van der Waals surface area contributed by atoms with Crippen LogP contribution >= 0.6 is 0 Å². The molecule has 0 spiro atoms. The molecular weight excluding hydrogens is 1250 g/mol. The molecule has 3 rings (SSSR count). The lowest BCUT2D eigenvalue weighted by atomic mass is 10.1. The van der Waals surface area contributed by atoms with Gasteiger partial charge < -0.3 is 93.8 Å². The van der Waals surface area contributed by atoms with Gasteiger partial charge in [-0.2, -0.15) is 0 Å². The lowest BCUT2D eigenvalue weighted by molar-refractivity contribution is -0.142. The van der Waals surface area contributed by atoms with E-state index in [9.17, 15) is 91.6 Å². The summed E-state index contributed by atoms with van der Waals surface area (Å²) in [7, 11) is 0. The summed E-state index contributed by atoms with van der Waals surface area (Å²) in [5.41, 5.74) is 3.60. The SMILES string of the molecule is Cc1ccc(C(=O)NCCCC[C@H](NC(=O)N[C@@H](CCC(=O)O)C(=O)O)C(=O)O)c(F)c1.Cc1ccc(C(=O)NCCCC[C@H](NC(=O)N[C@@H](CCC(=O)O)C(=O)O)C(=O)O)cc1.Cc1cccc(C(=O)NCCCC[C@H](NC(=O)N[C@@H](CCC(=O)O)C(=O)O)C(=O)O)c1. The van der Waals surface area contributed by atoms with Crippen molar-refractivity contribution in [3.05, 3.63) is 106 Å². The van der Waals surface area contributed by atoms with E-state index >= 15 is 0 Å². The maximum atomic E-state index is 13.8. The molecule has 3 aromatic carbocycles. The first-order chi connectivity index (χ1) is 44.2. The van der Waals surface area contributed by atoms with E-state index in [2.05, 4.69) is 42.5 Å². The van der Waals surface area contributed by atoms with Gasteiger partial charge in [-0.15, -0.1) is 0 Å². The Morgan fingerprint density at radius 1 is 0.340 bits per heavy atom. The van der Waals surface area contributed by atoms with Crippen LogP contribution in [-0.2, 0) is 43.2 Å². The highest BCUT2D eigenvalue weighted by molar-refractivity contribution is 5.96. The molecule has 0 radical (unpaired) electrons. The zero-order valence-corrected chi connectivity index (χ0v) is 51.6. The monoisotopic (exact) mass is 1330 g/mol. The van der Waals surface area contributed by atoms with Gasteiger partial charge in [-0.3, -0.25) is 28.8 Å². The highest BCUT2D eigenvalue weighted by Crippen LogP contribution is 2.12. The van der Waals surface area contributed by atoms with Crippen molar-refractivity contribution in [1.82, 2.24) is 47.9 Å². The number of urea groups is 3. The molecule has 94 heavy (non-hydrogen) atoms. The molecule has 0 saturated heterocycles. The Balaban J connectivity index is 0.000000705. The molecule has 3 aromatic rings. The van der Waals surface area contributed by atoms with E-state index in [4.69, 9.17) is 30.6 Å². The van der Waals surface area contributed by atoms with Crippen molar-refractivity contribution in [1.29, 1.82) is 0 Å².